The number of nitrogens with one attached hydrogen (secondary N) is 1. The molecule has 1 aromatic carbocycles. The maximum Gasteiger partial charge on any atom is 0.243 e. The molecule has 0 amide bonds. The fraction of sp³-hybridized carbons (Fsp3) is 0.455. The van der Waals surface area contributed by atoms with Gasteiger partial charge < -0.3 is 5.73 Å². The molecule has 0 heterocycles. The van der Waals surface area contributed by atoms with Crippen LogP contribution in [0.2, 0.25) is 0 Å². The third-order valence-electron chi connectivity index (χ3n) is 3.10. The van der Waals surface area contributed by atoms with E-state index in [1.54, 1.807) is 0 Å². The van der Waals surface area contributed by atoms with Gasteiger partial charge in [-0.05, 0) is 44.4 Å². The fourth-order valence-electron chi connectivity index (χ4n) is 1.93. The highest BCUT2D eigenvalue weighted by Crippen LogP contribution is 2.33. The van der Waals surface area contributed by atoms with Crippen molar-refractivity contribution in [3.63, 3.8) is 0 Å². The van der Waals surface area contributed by atoms with Crippen molar-refractivity contribution in [2.75, 3.05) is 5.73 Å². The summed E-state index contributed by atoms with van der Waals surface area (Å²) in [5.74, 6) is -0.613. The van der Waals surface area contributed by atoms with Gasteiger partial charge in [-0.25, -0.2) is 17.5 Å². The van der Waals surface area contributed by atoms with Crippen LogP contribution in [0.5, 0.6) is 0 Å². The molecule has 17 heavy (non-hydrogen) atoms. The normalized spacial score (nSPS) is 18.7. The molecule has 0 saturated heterocycles. The molecule has 0 radical (unpaired) electrons. The van der Waals surface area contributed by atoms with Gasteiger partial charge in [0.05, 0.1) is 5.69 Å². The molecule has 0 bridgehead atoms. The first kappa shape index (κ1) is 12.3. The summed E-state index contributed by atoms with van der Waals surface area (Å²) >= 11 is 0. The molecule has 1 fully saturated rings. The zero-order chi connectivity index (χ0) is 12.7. The molecule has 1 aromatic rings. The highest BCUT2D eigenvalue weighted by Gasteiger charge is 2.36. The van der Waals surface area contributed by atoms with Crippen molar-refractivity contribution in [2.24, 2.45) is 0 Å². The zero-order valence-corrected chi connectivity index (χ0v) is 10.3. The van der Waals surface area contributed by atoms with Crippen molar-refractivity contribution >= 4 is 15.7 Å². The second-order valence-electron chi connectivity index (χ2n) is 4.70. The average Bonchev–Trinajstić information content (AvgIpc) is 2.18. The molecule has 1 aliphatic rings. The lowest BCUT2D eigenvalue weighted by Crippen LogP contribution is -2.50. The Morgan fingerprint density at radius 2 is 2.06 bits per heavy atom. The Morgan fingerprint density at radius 3 is 2.59 bits per heavy atom. The minimum atomic E-state index is -3.75. The van der Waals surface area contributed by atoms with E-state index in [1.165, 1.54) is 6.07 Å². The van der Waals surface area contributed by atoms with E-state index in [2.05, 4.69) is 4.72 Å². The molecule has 1 saturated carbocycles. The first-order valence-electron chi connectivity index (χ1n) is 5.41. The Labute approximate surface area is 100 Å². The monoisotopic (exact) mass is 258 g/mol. The highest BCUT2D eigenvalue weighted by molar-refractivity contribution is 7.89. The Balaban J connectivity index is 2.34. The molecule has 0 atom stereocenters. The number of sulfonamides is 1. The molecule has 4 nitrogen and oxygen atoms in total. The van der Waals surface area contributed by atoms with Crippen LogP contribution in [0.25, 0.3) is 0 Å². The van der Waals surface area contributed by atoms with Crippen LogP contribution in [0.1, 0.15) is 26.2 Å². The molecular weight excluding hydrogens is 243 g/mol. The van der Waals surface area contributed by atoms with Gasteiger partial charge in [-0.3, -0.25) is 0 Å². The van der Waals surface area contributed by atoms with Gasteiger partial charge >= 0.3 is 0 Å². The number of rotatable bonds is 3. The Bertz CT molecular complexity index is 538. The minimum Gasteiger partial charge on any atom is -0.398 e. The predicted molar refractivity (Wildman–Crippen MR) is 63.4 cm³/mol. The second kappa shape index (κ2) is 3.96. The van der Waals surface area contributed by atoms with E-state index < -0.39 is 21.4 Å². The molecule has 0 aliphatic heterocycles. The molecule has 3 N–H and O–H groups in total. The zero-order valence-electron chi connectivity index (χ0n) is 9.53. The smallest absolute Gasteiger partial charge is 0.243 e. The van der Waals surface area contributed by atoms with Crippen LogP contribution < -0.4 is 10.5 Å². The van der Waals surface area contributed by atoms with Crippen LogP contribution in [0.4, 0.5) is 10.1 Å². The van der Waals surface area contributed by atoms with Gasteiger partial charge in [-0.15, -0.1) is 0 Å². The van der Waals surface area contributed by atoms with Gasteiger partial charge in [-0.2, -0.15) is 0 Å². The predicted octanol–water partition coefficient (Wildman–Crippen LogP) is 1.63. The first-order chi connectivity index (χ1) is 7.82. The van der Waals surface area contributed by atoms with Crippen LogP contribution >= 0.6 is 0 Å². The number of halogens is 1. The Kier molecular flexibility index (Phi) is 2.87. The number of hydrogen-bond donors (Lipinski definition) is 2. The molecule has 0 spiro atoms. The topological polar surface area (TPSA) is 72.2 Å². The van der Waals surface area contributed by atoms with Crippen molar-refractivity contribution in [3.8, 4) is 0 Å². The van der Waals surface area contributed by atoms with E-state index in [0.29, 0.717) is 0 Å². The summed E-state index contributed by atoms with van der Waals surface area (Å²) < 4.78 is 39.7. The number of hydrogen-bond acceptors (Lipinski definition) is 3. The standard InChI is InChI=1S/C11H15FN2O2S/c1-11(5-2-6-11)14-17(15,16)10-7-8(12)3-4-9(10)13/h3-4,7,14H,2,5-6,13H2,1H3. The SMILES string of the molecule is CC1(NS(=O)(=O)c2cc(F)ccc2N)CCC1. The lowest BCUT2D eigenvalue weighted by Gasteiger charge is -2.38. The maximum atomic E-state index is 13.1. The summed E-state index contributed by atoms with van der Waals surface area (Å²) in [6, 6.07) is 3.34. The summed E-state index contributed by atoms with van der Waals surface area (Å²) in [5, 5.41) is 0. The molecule has 0 aromatic heterocycles. The third kappa shape index (κ3) is 2.42. The average molecular weight is 258 g/mol. The Hall–Kier alpha value is -1.14. The largest absolute Gasteiger partial charge is 0.398 e. The van der Waals surface area contributed by atoms with Crippen molar-refractivity contribution in [2.45, 2.75) is 36.6 Å². The van der Waals surface area contributed by atoms with Crippen LogP contribution in [0.15, 0.2) is 23.1 Å². The lowest BCUT2D eigenvalue weighted by atomic mass is 9.80. The maximum absolute atomic E-state index is 13.1. The number of nitrogens with two attached hydrogens (primary N) is 1. The summed E-state index contributed by atoms with van der Waals surface area (Å²) in [6.07, 6.45) is 2.58. The van der Waals surface area contributed by atoms with E-state index >= 15 is 0 Å². The number of nitrogen functional groups attached to an aromatic ring is 1. The van der Waals surface area contributed by atoms with Gasteiger partial charge in [0.25, 0.3) is 0 Å². The lowest BCUT2D eigenvalue weighted by molar-refractivity contribution is 0.248. The van der Waals surface area contributed by atoms with Crippen molar-refractivity contribution in [1.29, 1.82) is 0 Å². The molecule has 6 heteroatoms. The number of benzene rings is 1. The molecule has 1 aliphatic carbocycles. The van der Waals surface area contributed by atoms with Crippen molar-refractivity contribution in [3.05, 3.63) is 24.0 Å². The van der Waals surface area contributed by atoms with Gasteiger partial charge in [0.2, 0.25) is 10.0 Å². The molecule has 2 rings (SSSR count). The quantitative estimate of drug-likeness (QED) is 0.809. The molecular formula is C11H15FN2O2S. The van der Waals surface area contributed by atoms with Crippen molar-refractivity contribution < 1.29 is 12.8 Å². The van der Waals surface area contributed by atoms with Gasteiger partial charge in [0.15, 0.2) is 0 Å². The first-order valence-corrected chi connectivity index (χ1v) is 6.90. The van der Waals surface area contributed by atoms with Gasteiger partial charge in [-0.1, -0.05) is 0 Å². The summed E-state index contributed by atoms with van der Waals surface area (Å²) in [4.78, 5) is -0.189. The van der Waals surface area contributed by atoms with E-state index in [4.69, 9.17) is 5.73 Å². The summed E-state index contributed by atoms with van der Waals surface area (Å²) in [7, 11) is -3.75. The van der Waals surface area contributed by atoms with E-state index in [9.17, 15) is 12.8 Å². The molecule has 0 unspecified atom stereocenters. The van der Waals surface area contributed by atoms with Crippen LogP contribution in [-0.2, 0) is 10.0 Å². The molecule has 94 valence electrons. The third-order valence-corrected chi connectivity index (χ3v) is 4.80. The van der Waals surface area contributed by atoms with E-state index in [0.717, 1.165) is 31.4 Å². The second-order valence-corrected chi connectivity index (χ2v) is 6.35. The summed E-state index contributed by atoms with van der Waals surface area (Å²) in [6.45, 7) is 1.84. The van der Waals surface area contributed by atoms with Gasteiger partial charge in [0, 0.05) is 5.54 Å². The fourth-order valence-corrected chi connectivity index (χ4v) is 3.54. The Morgan fingerprint density at radius 1 is 1.41 bits per heavy atom. The minimum absolute atomic E-state index is 0.0572. The van der Waals surface area contributed by atoms with E-state index in [1.807, 2.05) is 6.92 Å². The summed E-state index contributed by atoms with van der Waals surface area (Å²) in [5.41, 5.74) is 5.21. The van der Waals surface area contributed by atoms with Gasteiger partial charge in [0.1, 0.15) is 10.7 Å². The van der Waals surface area contributed by atoms with Crippen molar-refractivity contribution in [1.82, 2.24) is 4.72 Å². The highest BCUT2D eigenvalue weighted by atomic mass is 32.2. The van der Waals surface area contributed by atoms with E-state index in [-0.39, 0.29) is 10.6 Å². The van der Waals surface area contributed by atoms with Crippen LogP contribution in [0.3, 0.4) is 0 Å². The number of anilines is 1. The van der Waals surface area contributed by atoms with Crippen LogP contribution in [0, 0.1) is 5.82 Å². The van der Waals surface area contributed by atoms with Crippen LogP contribution in [-0.4, -0.2) is 14.0 Å².